The Labute approximate surface area is 126 Å². The van der Waals surface area contributed by atoms with Gasteiger partial charge in [-0.1, -0.05) is 33.6 Å². The first-order chi connectivity index (χ1) is 9.33. The third-order valence-electron chi connectivity index (χ3n) is 4.37. The van der Waals surface area contributed by atoms with Crippen LogP contribution < -0.4 is 5.32 Å². The molecule has 0 rings (SSSR count). The van der Waals surface area contributed by atoms with Crippen LogP contribution in [0.2, 0.25) is 0 Å². The van der Waals surface area contributed by atoms with Gasteiger partial charge < -0.3 is 5.32 Å². The minimum Gasteiger partial charge on any atom is -0.316 e. The number of hydrogen-bond donors (Lipinski definition) is 1. The summed E-state index contributed by atoms with van der Waals surface area (Å²) in [6.45, 7) is 12.1. The molecule has 0 aliphatic heterocycles. The number of sulfone groups is 1. The predicted molar refractivity (Wildman–Crippen MR) is 88.9 cm³/mol. The van der Waals surface area contributed by atoms with Crippen LogP contribution in [0, 0.1) is 5.41 Å². The Balaban J connectivity index is 4.72. The van der Waals surface area contributed by atoms with Gasteiger partial charge in [-0.15, -0.1) is 0 Å². The maximum absolute atomic E-state index is 12.1. The summed E-state index contributed by atoms with van der Waals surface area (Å²) in [5, 5.41) is 3.25. The van der Waals surface area contributed by atoms with Crippen LogP contribution in [0.25, 0.3) is 0 Å². The fourth-order valence-electron chi connectivity index (χ4n) is 2.46. The van der Waals surface area contributed by atoms with Crippen LogP contribution in [0.4, 0.5) is 0 Å². The maximum Gasteiger partial charge on any atom is 0.152 e. The van der Waals surface area contributed by atoms with Crippen LogP contribution in [0.3, 0.4) is 0 Å². The Morgan fingerprint density at radius 3 is 2.15 bits per heavy atom. The maximum atomic E-state index is 12.1. The first-order valence-corrected chi connectivity index (χ1v) is 9.97. The lowest BCUT2D eigenvalue weighted by molar-refractivity contribution is 0.223. The summed E-state index contributed by atoms with van der Waals surface area (Å²) in [6, 6.07) is 0. The minimum absolute atomic E-state index is 0.146. The van der Waals surface area contributed by atoms with Gasteiger partial charge in [0.15, 0.2) is 9.84 Å². The van der Waals surface area contributed by atoms with Crippen molar-refractivity contribution in [2.24, 2.45) is 5.41 Å². The number of rotatable bonds is 12. The van der Waals surface area contributed by atoms with Crippen molar-refractivity contribution in [3.8, 4) is 0 Å². The summed E-state index contributed by atoms with van der Waals surface area (Å²) < 4.78 is 24.2. The molecule has 0 fully saturated rings. The number of unbranched alkanes of at least 4 members (excludes halogenated alkanes) is 1. The molecule has 1 N–H and O–H groups in total. The van der Waals surface area contributed by atoms with Gasteiger partial charge in [-0.3, -0.25) is 0 Å². The monoisotopic (exact) mass is 305 g/mol. The molecule has 0 amide bonds. The Bertz CT molecular complexity index is 338. The summed E-state index contributed by atoms with van der Waals surface area (Å²) >= 11 is 0. The van der Waals surface area contributed by atoms with E-state index in [1.54, 1.807) is 13.8 Å². The molecule has 122 valence electrons. The average Bonchev–Trinajstić information content (AvgIpc) is 2.41. The van der Waals surface area contributed by atoms with Gasteiger partial charge in [0.1, 0.15) is 0 Å². The first-order valence-electron chi connectivity index (χ1n) is 8.26. The predicted octanol–water partition coefficient (Wildman–Crippen LogP) is 3.79. The third kappa shape index (κ3) is 7.07. The van der Waals surface area contributed by atoms with Crippen molar-refractivity contribution in [1.82, 2.24) is 5.32 Å². The normalized spacial score (nSPS) is 15.5. The zero-order valence-electron chi connectivity index (χ0n) is 14.2. The fourth-order valence-corrected chi connectivity index (χ4v) is 3.65. The van der Waals surface area contributed by atoms with Crippen molar-refractivity contribution in [3.05, 3.63) is 0 Å². The largest absolute Gasteiger partial charge is 0.316 e. The van der Waals surface area contributed by atoms with Crippen molar-refractivity contribution in [2.45, 2.75) is 78.4 Å². The Morgan fingerprint density at radius 2 is 1.70 bits per heavy atom. The lowest BCUT2D eigenvalue weighted by atomic mass is 9.77. The van der Waals surface area contributed by atoms with Crippen LogP contribution in [0.1, 0.15) is 73.1 Å². The Morgan fingerprint density at radius 1 is 1.05 bits per heavy atom. The molecular formula is C16H35NO2S. The van der Waals surface area contributed by atoms with Crippen molar-refractivity contribution in [2.75, 3.05) is 18.8 Å². The highest BCUT2D eigenvalue weighted by Crippen LogP contribution is 2.33. The van der Waals surface area contributed by atoms with Crippen LogP contribution in [-0.2, 0) is 9.84 Å². The SMILES string of the molecule is CCCCC(CC)(CCS(=O)(=O)C(C)C)CNCCC. The van der Waals surface area contributed by atoms with E-state index in [-0.39, 0.29) is 10.7 Å². The molecule has 1 atom stereocenters. The average molecular weight is 306 g/mol. The Hall–Kier alpha value is -0.0900. The second-order valence-electron chi connectivity index (χ2n) is 6.30. The minimum atomic E-state index is -2.92. The van der Waals surface area contributed by atoms with Gasteiger partial charge in [-0.05, 0) is 51.5 Å². The second kappa shape index (κ2) is 9.78. The molecule has 0 aliphatic rings. The summed E-state index contributed by atoms with van der Waals surface area (Å²) in [7, 11) is -2.92. The zero-order chi connectivity index (χ0) is 15.6. The van der Waals surface area contributed by atoms with Gasteiger partial charge in [-0.2, -0.15) is 0 Å². The van der Waals surface area contributed by atoms with Gasteiger partial charge in [0, 0.05) is 6.54 Å². The molecule has 0 aromatic rings. The highest BCUT2D eigenvalue weighted by atomic mass is 32.2. The summed E-state index contributed by atoms with van der Waals surface area (Å²) in [5.74, 6) is 0.329. The van der Waals surface area contributed by atoms with E-state index in [0.29, 0.717) is 5.75 Å². The molecule has 4 heteroatoms. The molecule has 20 heavy (non-hydrogen) atoms. The molecule has 0 spiro atoms. The molecule has 0 saturated heterocycles. The second-order valence-corrected chi connectivity index (χ2v) is 8.98. The van der Waals surface area contributed by atoms with E-state index < -0.39 is 9.84 Å². The topological polar surface area (TPSA) is 46.2 Å². The number of nitrogens with one attached hydrogen (secondary N) is 1. The molecule has 0 aromatic carbocycles. The van der Waals surface area contributed by atoms with Gasteiger partial charge in [0.25, 0.3) is 0 Å². The lowest BCUT2D eigenvalue weighted by Crippen LogP contribution is -2.36. The van der Waals surface area contributed by atoms with Crippen molar-refractivity contribution in [3.63, 3.8) is 0 Å². The van der Waals surface area contributed by atoms with Crippen molar-refractivity contribution < 1.29 is 8.42 Å². The van der Waals surface area contributed by atoms with E-state index >= 15 is 0 Å². The molecule has 0 aromatic heterocycles. The fraction of sp³-hybridized carbons (Fsp3) is 1.00. The van der Waals surface area contributed by atoms with E-state index in [1.165, 1.54) is 12.8 Å². The molecule has 0 radical (unpaired) electrons. The van der Waals surface area contributed by atoms with Gasteiger partial charge in [0.2, 0.25) is 0 Å². The van der Waals surface area contributed by atoms with Gasteiger partial charge >= 0.3 is 0 Å². The van der Waals surface area contributed by atoms with Crippen molar-refractivity contribution >= 4 is 9.84 Å². The summed E-state index contributed by atoms with van der Waals surface area (Å²) in [6.07, 6.45) is 6.45. The summed E-state index contributed by atoms with van der Waals surface area (Å²) in [5.41, 5.74) is 0.146. The van der Waals surface area contributed by atoms with Crippen LogP contribution >= 0.6 is 0 Å². The lowest BCUT2D eigenvalue weighted by Gasteiger charge is -2.33. The van der Waals surface area contributed by atoms with Gasteiger partial charge in [-0.25, -0.2) is 8.42 Å². The highest BCUT2D eigenvalue weighted by molar-refractivity contribution is 7.91. The standard InChI is InChI=1S/C16H35NO2S/c1-6-9-10-16(8-3,14-17-12-7-2)11-13-20(18,19)15(4)5/h15,17H,6-14H2,1-5H3. The number of hydrogen-bond acceptors (Lipinski definition) is 3. The molecular weight excluding hydrogens is 270 g/mol. The Kier molecular flexibility index (Phi) is 9.73. The van der Waals surface area contributed by atoms with Crippen LogP contribution in [0.5, 0.6) is 0 Å². The molecule has 1 unspecified atom stereocenters. The first kappa shape index (κ1) is 19.9. The molecule has 0 saturated carbocycles. The zero-order valence-corrected chi connectivity index (χ0v) is 15.0. The third-order valence-corrected chi connectivity index (χ3v) is 6.58. The quantitative estimate of drug-likeness (QED) is 0.558. The van der Waals surface area contributed by atoms with E-state index in [2.05, 4.69) is 26.1 Å². The molecule has 0 bridgehead atoms. The molecule has 0 aliphatic carbocycles. The highest BCUT2D eigenvalue weighted by Gasteiger charge is 2.30. The summed E-state index contributed by atoms with van der Waals surface area (Å²) in [4.78, 5) is 0. The molecule has 0 heterocycles. The van der Waals surface area contributed by atoms with Crippen LogP contribution in [-0.4, -0.2) is 32.5 Å². The van der Waals surface area contributed by atoms with E-state index in [4.69, 9.17) is 0 Å². The van der Waals surface area contributed by atoms with Crippen LogP contribution in [0.15, 0.2) is 0 Å². The van der Waals surface area contributed by atoms with Gasteiger partial charge in [0.05, 0.1) is 11.0 Å². The van der Waals surface area contributed by atoms with E-state index in [9.17, 15) is 8.42 Å². The van der Waals surface area contributed by atoms with Crippen molar-refractivity contribution in [1.29, 1.82) is 0 Å². The smallest absolute Gasteiger partial charge is 0.152 e. The molecule has 3 nitrogen and oxygen atoms in total. The van der Waals surface area contributed by atoms with E-state index in [0.717, 1.165) is 38.8 Å². The van der Waals surface area contributed by atoms with E-state index in [1.807, 2.05) is 0 Å².